The summed E-state index contributed by atoms with van der Waals surface area (Å²) in [6, 6.07) is 12.1. The summed E-state index contributed by atoms with van der Waals surface area (Å²) >= 11 is 0. The Morgan fingerprint density at radius 2 is 1.65 bits per heavy atom. The van der Waals surface area contributed by atoms with Crippen LogP contribution in [0.2, 0.25) is 0 Å². The predicted molar refractivity (Wildman–Crippen MR) is 120 cm³/mol. The molecule has 0 aliphatic carbocycles. The Kier molecular flexibility index (Phi) is 7.97. The van der Waals surface area contributed by atoms with Crippen LogP contribution in [0.15, 0.2) is 47.4 Å². The zero-order chi connectivity index (χ0) is 23.3. The number of ether oxygens (including phenoxy) is 1. The Labute approximate surface area is 184 Å². The highest BCUT2D eigenvalue weighted by Crippen LogP contribution is 2.27. The van der Waals surface area contributed by atoms with E-state index in [1.165, 1.54) is 26.1 Å². The molecule has 2 rings (SSSR count). The summed E-state index contributed by atoms with van der Waals surface area (Å²) in [6.07, 6.45) is -1.08. The Morgan fingerprint density at radius 3 is 2.23 bits per heavy atom. The Morgan fingerprint density at radius 1 is 1.03 bits per heavy atom. The first-order chi connectivity index (χ1) is 14.4. The number of anilines is 1. The molecule has 2 aromatic rings. The van der Waals surface area contributed by atoms with E-state index in [4.69, 9.17) is 4.74 Å². The van der Waals surface area contributed by atoms with Crippen LogP contribution in [0.4, 0.5) is 5.69 Å². The van der Waals surface area contributed by atoms with Gasteiger partial charge in [0.2, 0.25) is 10.0 Å². The first kappa shape index (κ1) is 24.6. The molecule has 0 aliphatic rings. The Hall–Kier alpha value is -2.71. The minimum Gasteiger partial charge on any atom is -0.452 e. The number of carbonyl (C=O) groups excluding carboxylic acids is 2. The summed E-state index contributed by atoms with van der Waals surface area (Å²) in [5, 5.41) is 2.83. The maximum Gasteiger partial charge on any atom is 0.322 e. The lowest BCUT2D eigenvalue weighted by Crippen LogP contribution is -2.37. The summed E-state index contributed by atoms with van der Waals surface area (Å²) in [5.41, 5.74) is 3.51. The average molecular weight is 447 g/mol. The van der Waals surface area contributed by atoms with Crippen molar-refractivity contribution in [2.45, 2.75) is 51.5 Å². The van der Waals surface area contributed by atoms with Crippen molar-refractivity contribution in [2.75, 3.05) is 18.9 Å². The van der Waals surface area contributed by atoms with Gasteiger partial charge in [0.15, 0.2) is 6.10 Å². The van der Waals surface area contributed by atoms with Crippen LogP contribution in [0, 0.1) is 13.8 Å². The molecule has 1 atom stereocenters. The zero-order valence-corrected chi connectivity index (χ0v) is 19.6. The van der Waals surface area contributed by atoms with Crippen molar-refractivity contribution in [1.29, 1.82) is 0 Å². The van der Waals surface area contributed by atoms with E-state index < -0.39 is 34.5 Å². The molecular weight excluding hydrogens is 416 g/mol. The SMILES string of the molecule is Cc1ccc(S(=O)(=O)N(C)CC(=O)OC(C)C(=O)Nc2c(C)cccc2C(C)C)cc1. The number of hydrogen-bond acceptors (Lipinski definition) is 5. The van der Waals surface area contributed by atoms with Gasteiger partial charge in [0, 0.05) is 12.7 Å². The van der Waals surface area contributed by atoms with Crippen molar-refractivity contribution >= 4 is 27.6 Å². The predicted octanol–water partition coefficient (Wildman–Crippen LogP) is 3.62. The van der Waals surface area contributed by atoms with Gasteiger partial charge >= 0.3 is 5.97 Å². The quantitative estimate of drug-likeness (QED) is 0.625. The molecule has 0 heterocycles. The lowest BCUT2D eigenvalue weighted by Gasteiger charge is -2.20. The van der Waals surface area contributed by atoms with Gasteiger partial charge in [0.25, 0.3) is 5.91 Å². The van der Waals surface area contributed by atoms with Gasteiger partial charge in [-0.25, -0.2) is 8.42 Å². The summed E-state index contributed by atoms with van der Waals surface area (Å²) in [7, 11) is -2.55. The maximum absolute atomic E-state index is 12.6. The molecule has 31 heavy (non-hydrogen) atoms. The van der Waals surface area contributed by atoms with E-state index in [2.05, 4.69) is 5.32 Å². The average Bonchev–Trinajstić information content (AvgIpc) is 2.69. The van der Waals surface area contributed by atoms with Gasteiger partial charge in [-0.15, -0.1) is 0 Å². The van der Waals surface area contributed by atoms with E-state index in [9.17, 15) is 18.0 Å². The molecule has 168 valence electrons. The lowest BCUT2D eigenvalue weighted by atomic mass is 9.98. The number of carbonyl (C=O) groups is 2. The molecule has 0 saturated carbocycles. The molecule has 0 aromatic heterocycles. The number of esters is 1. The van der Waals surface area contributed by atoms with E-state index in [1.54, 1.807) is 12.1 Å². The lowest BCUT2D eigenvalue weighted by molar-refractivity contribution is -0.153. The molecule has 0 saturated heterocycles. The molecule has 1 N–H and O–H groups in total. The molecule has 0 fully saturated rings. The van der Waals surface area contributed by atoms with E-state index in [1.807, 2.05) is 45.9 Å². The first-order valence-corrected chi connectivity index (χ1v) is 11.5. The van der Waals surface area contributed by atoms with Gasteiger partial charge in [-0.3, -0.25) is 9.59 Å². The highest BCUT2D eigenvalue weighted by atomic mass is 32.2. The third-order valence-electron chi connectivity index (χ3n) is 4.93. The Bertz CT molecular complexity index is 1050. The number of nitrogens with zero attached hydrogens (tertiary/aromatic N) is 1. The summed E-state index contributed by atoms with van der Waals surface area (Å²) in [6.45, 7) is 8.74. The second-order valence-corrected chi connectivity index (χ2v) is 9.93. The minimum atomic E-state index is -3.84. The fourth-order valence-corrected chi connectivity index (χ4v) is 4.13. The van der Waals surface area contributed by atoms with Gasteiger partial charge in [-0.2, -0.15) is 4.31 Å². The van der Waals surface area contributed by atoms with Crippen LogP contribution in [-0.4, -0.2) is 44.3 Å². The van der Waals surface area contributed by atoms with Crippen molar-refractivity contribution in [3.8, 4) is 0 Å². The van der Waals surface area contributed by atoms with Crippen molar-refractivity contribution in [3.63, 3.8) is 0 Å². The van der Waals surface area contributed by atoms with Crippen molar-refractivity contribution < 1.29 is 22.7 Å². The smallest absolute Gasteiger partial charge is 0.322 e. The molecule has 0 radical (unpaired) electrons. The van der Waals surface area contributed by atoms with Crippen molar-refractivity contribution in [2.24, 2.45) is 0 Å². The monoisotopic (exact) mass is 446 g/mol. The van der Waals surface area contributed by atoms with Crippen molar-refractivity contribution in [3.05, 3.63) is 59.2 Å². The largest absolute Gasteiger partial charge is 0.452 e. The van der Waals surface area contributed by atoms with E-state index in [0.29, 0.717) is 5.69 Å². The standard InChI is InChI=1S/C23H30N2O5S/c1-15(2)20-9-7-8-17(4)22(20)24-23(27)18(5)30-21(26)14-25(6)31(28,29)19-12-10-16(3)11-13-19/h7-13,15,18H,14H2,1-6H3,(H,24,27). The molecule has 0 spiro atoms. The minimum absolute atomic E-state index is 0.0833. The number of likely N-dealkylation sites (N-methyl/N-ethyl adjacent to an activating group) is 1. The van der Waals surface area contributed by atoms with Crippen LogP contribution in [0.5, 0.6) is 0 Å². The molecular formula is C23H30N2O5S. The summed E-state index contributed by atoms with van der Waals surface area (Å²) < 4.78 is 31.3. The van der Waals surface area contributed by atoms with Crippen LogP contribution >= 0.6 is 0 Å². The van der Waals surface area contributed by atoms with Gasteiger partial charge in [-0.1, -0.05) is 49.7 Å². The third-order valence-corrected chi connectivity index (χ3v) is 6.75. The maximum atomic E-state index is 12.6. The first-order valence-electron chi connectivity index (χ1n) is 10.1. The van der Waals surface area contributed by atoms with Crippen LogP contribution in [0.25, 0.3) is 0 Å². The second kappa shape index (κ2) is 10.1. The number of rotatable bonds is 8. The normalized spacial score (nSPS) is 12.6. The number of para-hydroxylation sites is 1. The Balaban J connectivity index is 2.02. The number of aryl methyl sites for hydroxylation is 2. The van der Waals surface area contributed by atoms with Crippen LogP contribution in [0.1, 0.15) is 43.4 Å². The van der Waals surface area contributed by atoms with Crippen molar-refractivity contribution in [1.82, 2.24) is 4.31 Å². The third kappa shape index (κ3) is 6.15. The molecule has 1 amide bonds. The number of hydrogen-bond donors (Lipinski definition) is 1. The fraction of sp³-hybridized carbons (Fsp3) is 0.391. The summed E-state index contributed by atoms with van der Waals surface area (Å²) in [4.78, 5) is 25.0. The molecule has 0 bridgehead atoms. The van der Waals surface area contributed by atoms with E-state index in [-0.39, 0.29) is 10.8 Å². The molecule has 2 aromatic carbocycles. The van der Waals surface area contributed by atoms with Gasteiger partial charge in [-0.05, 0) is 49.9 Å². The molecule has 0 aliphatic heterocycles. The zero-order valence-electron chi connectivity index (χ0n) is 18.8. The number of nitrogens with one attached hydrogen (secondary N) is 1. The number of sulfonamides is 1. The second-order valence-electron chi connectivity index (χ2n) is 7.89. The summed E-state index contributed by atoms with van der Waals surface area (Å²) in [5.74, 6) is -1.09. The number of benzene rings is 2. The molecule has 1 unspecified atom stereocenters. The van der Waals surface area contributed by atoms with Gasteiger partial charge in [0.1, 0.15) is 6.54 Å². The topological polar surface area (TPSA) is 92.8 Å². The van der Waals surface area contributed by atoms with Gasteiger partial charge < -0.3 is 10.1 Å². The van der Waals surface area contributed by atoms with E-state index in [0.717, 1.165) is 21.0 Å². The molecule has 7 nitrogen and oxygen atoms in total. The highest BCUT2D eigenvalue weighted by Gasteiger charge is 2.26. The van der Waals surface area contributed by atoms with Crippen LogP contribution in [-0.2, 0) is 24.3 Å². The van der Waals surface area contributed by atoms with Crippen LogP contribution in [0.3, 0.4) is 0 Å². The fourth-order valence-electron chi connectivity index (χ4n) is 3.01. The highest BCUT2D eigenvalue weighted by molar-refractivity contribution is 7.89. The van der Waals surface area contributed by atoms with Gasteiger partial charge in [0.05, 0.1) is 4.90 Å². The van der Waals surface area contributed by atoms with Crippen LogP contribution < -0.4 is 5.32 Å². The van der Waals surface area contributed by atoms with E-state index >= 15 is 0 Å². The molecule has 8 heteroatoms. The number of amides is 1.